The minimum atomic E-state index is -1.56. The van der Waals surface area contributed by atoms with Crippen LogP contribution in [0.15, 0.2) is 53.4 Å². The van der Waals surface area contributed by atoms with Gasteiger partial charge in [-0.3, -0.25) is 5.32 Å². The molecule has 0 bridgehead atoms. The highest BCUT2D eigenvalue weighted by Gasteiger charge is 2.31. The van der Waals surface area contributed by atoms with Gasteiger partial charge in [-0.05, 0) is 95.2 Å². The number of pyridine rings is 2. The van der Waals surface area contributed by atoms with Crippen LogP contribution in [0, 0.1) is 0 Å². The fraction of sp³-hybridized carbons (Fsp3) is 0.525. The fourth-order valence-electron chi connectivity index (χ4n) is 4.57. The van der Waals surface area contributed by atoms with E-state index in [0.717, 1.165) is 11.3 Å². The lowest BCUT2D eigenvalue weighted by Crippen LogP contribution is -2.38. The summed E-state index contributed by atoms with van der Waals surface area (Å²) in [5.41, 5.74) is -3.51. The summed E-state index contributed by atoms with van der Waals surface area (Å²) in [4.78, 5) is 78.2. The number of aromatic nitrogens is 3. The van der Waals surface area contributed by atoms with E-state index < -0.39 is 71.0 Å². The average molecular weight is 859 g/mol. The van der Waals surface area contributed by atoms with E-state index in [1.54, 1.807) is 108 Å². The number of carbonyl (C=O) groups is 5. The number of ether oxygens (including phenoxy) is 5. The Kier molecular flexibility index (Phi) is 16.3. The third kappa shape index (κ3) is 17.4. The number of thiazole rings is 1. The summed E-state index contributed by atoms with van der Waals surface area (Å²) < 4.78 is 29.3. The molecule has 0 aliphatic heterocycles. The number of anilines is 3. The number of amides is 3. The number of alkyl carbamates (subject to hydrolysis) is 1. The first kappa shape index (κ1) is 48.3. The number of hydrogen-bond acceptors (Lipinski definition) is 15. The number of carbonyl (C=O) groups excluding carboxylic acids is 4. The number of carboxylic acid groups (broad SMARTS) is 1. The lowest BCUT2D eigenvalue weighted by molar-refractivity contribution is -0.697. The molecule has 20 heteroatoms. The summed E-state index contributed by atoms with van der Waals surface area (Å²) in [5, 5.41) is 20.1. The Bertz CT molecular complexity index is 1980. The van der Waals surface area contributed by atoms with Crippen molar-refractivity contribution in [1.29, 1.82) is 0 Å². The first-order chi connectivity index (χ1) is 27.7. The van der Waals surface area contributed by atoms with Gasteiger partial charge in [0.15, 0.2) is 17.5 Å². The van der Waals surface area contributed by atoms with Gasteiger partial charge in [-0.25, -0.2) is 43.4 Å². The van der Waals surface area contributed by atoms with Gasteiger partial charge in [-0.15, -0.1) is 11.3 Å². The Labute approximate surface area is 353 Å². The van der Waals surface area contributed by atoms with Crippen molar-refractivity contribution in [3.8, 4) is 5.75 Å². The molecule has 3 rings (SSSR count). The Morgan fingerprint density at radius 3 is 1.98 bits per heavy atom. The van der Waals surface area contributed by atoms with Crippen LogP contribution in [-0.2, 0) is 39.9 Å². The Hall–Kier alpha value is -6.05. The second-order valence-corrected chi connectivity index (χ2v) is 18.0. The minimum absolute atomic E-state index is 0.0406. The molecule has 3 aromatic rings. The first-order valence-corrected chi connectivity index (χ1v) is 19.8. The molecule has 3 amide bonds. The zero-order valence-corrected chi connectivity index (χ0v) is 36.9. The number of carboxylic acids is 1. The van der Waals surface area contributed by atoms with E-state index in [4.69, 9.17) is 28.5 Å². The molecule has 0 aromatic carbocycles. The Morgan fingerprint density at radius 2 is 1.43 bits per heavy atom. The summed E-state index contributed by atoms with van der Waals surface area (Å²) in [6, 6.07) is 6.46. The number of hydrogen-bond donors (Lipinski definition) is 3. The molecular formula is C40H56N7O12S+. The maximum Gasteiger partial charge on any atom is 0.420 e. The summed E-state index contributed by atoms with van der Waals surface area (Å²) in [7, 11) is 0. The molecule has 3 aromatic heterocycles. The van der Waals surface area contributed by atoms with Crippen LogP contribution in [-0.4, -0.2) is 92.7 Å². The summed E-state index contributed by atoms with van der Waals surface area (Å²) in [6.07, 6.45) is 1.97. The summed E-state index contributed by atoms with van der Waals surface area (Å²) >= 11 is 0.923. The molecule has 0 radical (unpaired) electrons. The number of oxime groups is 1. The molecule has 3 heterocycles. The second-order valence-electron chi connectivity index (χ2n) is 17.1. The van der Waals surface area contributed by atoms with Crippen molar-refractivity contribution in [3.63, 3.8) is 0 Å². The van der Waals surface area contributed by atoms with Crippen LogP contribution in [0.3, 0.4) is 0 Å². The predicted molar refractivity (Wildman–Crippen MR) is 220 cm³/mol. The molecule has 19 nitrogen and oxygen atoms in total. The van der Waals surface area contributed by atoms with Crippen LogP contribution < -0.4 is 24.8 Å². The van der Waals surface area contributed by atoms with Crippen LogP contribution >= 0.6 is 11.3 Å². The molecular weight excluding hydrogens is 803 g/mol. The highest BCUT2D eigenvalue weighted by atomic mass is 32.1. The number of aryl methyl sites for hydroxylation is 1. The van der Waals surface area contributed by atoms with Gasteiger partial charge in [0.1, 0.15) is 52.8 Å². The maximum absolute atomic E-state index is 13.5. The van der Waals surface area contributed by atoms with Crippen LogP contribution in [0.1, 0.15) is 95.2 Å². The van der Waals surface area contributed by atoms with E-state index >= 15 is 0 Å². The smallest absolute Gasteiger partial charge is 0.420 e. The van der Waals surface area contributed by atoms with Gasteiger partial charge < -0.3 is 38.9 Å². The summed E-state index contributed by atoms with van der Waals surface area (Å²) in [6.45, 7) is 21.0. The molecule has 0 aliphatic rings. The molecule has 1 atom stereocenters. The quantitative estimate of drug-likeness (QED) is 0.0358. The molecule has 3 N–H and O–H groups in total. The van der Waals surface area contributed by atoms with Gasteiger partial charge in [0.05, 0.1) is 11.9 Å². The highest BCUT2D eigenvalue weighted by molar-refractivity contribution is 7.14. The van der Waals surface area contributed by atoms with Crippen molar-refractivity contribution in [1.82, 2.24) is 15.3 Å². The van der Waals surface area contributed by atoms with E-state index in [-0.39, 0.29) is 22.4 Å². The monoisotopic (exact) mass is 858 g/mol. The number of aliphatic carboxylic acids is 1. The lowest BCUT2D eigenvalue weighted by atomic mass is 10.2. The number of nitrogens with zero attached hydrogens (tertiary/aromatic N) is 5. The van der Waals surface area contributed by atoms with Crippen molar-refractivity contribution in [3.05, 3.63) is 53.9 Å². The van der Waals surface area contributed by atoms with Crippen LogP contribution in [0.4, 0.5) is 31.0 Å². The third-order valence-corrected chi connectivity index (χ3v) is 7.58. The summed E-state index contributed by atoms with van der Waals surface area (Å²) in [5.74, 6) is -2.08. The molecule has 0 fully saturated rings. The molecule has 0 saturated heterocycles. The van der Waals surface area contributed by atoms with Crippen molar-refractivity contribution < 1.29 is 62.2 Å². The second kappa shape index (κ2) is 20.3. The van der Waals surface area contributed by atoms with Gasteiger partial charge in [-0.1, -0.05) is 5.16 Å². The Morgan fingerprint density at radius 1 is 0.833 bits per heavy atom. The van der Waals surface area contributed by atoms with Gasteiger partial charge >= 0.3 is 30.2 Å². The molecule has 0 saturated carbocycles. The zero-order valence-electron chi connectivity index (χ0n) is 36.1. The van der Waals surface area contributed by atoms with E-state index in [2.05, 4.69) is 25.8 Å². The first-order valence-electron chi connectivity index (χ1n) is 18.9. The van der Waals surface area contributed by atoms with Crippen LogP contribution in [0.5, 0.6) is 5.75 Å². The van der Waals surface area contributed by atoms with Gasteiger partial charge in [0, 0.05) is 30.5 Å². The largest absolute Gasteiger partial charge is 0.487 e. The van der Waals surface area contributed by atoms with E-state index in [0.29, 0.717) is 25.2 Å². The number of esters is 1. The SMILES string of the molecule is CC(C)(C)OC(=O)NCCC[n+]1ccc(N(C(=O)OC(C)(C)C)c2ccc(OCC(ON=C(C(=O)O)c3csc(NC(=O)OC(C)(C)C)n3)C(=O)OC(C)(C)C)cn2)cc1. The maximum atomic E-state index is 13.5. The number of nitrogens with one attached hydrogen (secondary N) is 2. The minimum Gasteiger partial charge on any atom is -0.487 e. The third-order valence-electron chi connectivity index (χ3n) is 6.82. The normalized spacial score (nSPS) is 12.7. The van der Waals surface area contributed by atoms with Gasteiger partial charge in [0.25, 0.3) is 6.10 Å². The molecule has 328 valence electrons. The van der Waals surface area contributed by atoms with Crippen molar-refractivity contribution in [2.45, 2.75) is 125 Å². The van der Waals surface area contributed by atoms with E-state index in [1.807, 2.05) is 4.57 Å². The van der Waals surface area contributed by atoms with Gasteiger partial charge in [0.2, 0.25) is 5.71 Å². The molecule has 0 aliphatic carbocycles. The Balaban J connectivity index is 1.78. The van der Waals surface area contributed by atoms with Crippen LogP contribution in [0.2, 0.25) is 0 Å². The van der Waals surface area contributed by atoms with Crippen molar-refractivity contribution >= 4 is 63.9 Å². The van der Waals surface area contributed by atoms with E-state index in [9.17, 15) is 29.1 Å². The number of rotatable bonds is 15. The zero-order chi connectivity index (χ0) is 45.1. The fourth-order valence-corrected chi connectivity index (χ4v) is 5.25. The van der Waals surface area contributed by atoms with Gasteiger partial charge in [-0.2, -0.15) is 0 Å². The predicted octanol–water partition coefficient (Wildman–Crippen LogP) is 6.76. The van der Waals surface area contributed by atoms with Crippen molar-refractivity contribution in [2.24, 2.45) is 5.16 Å². The average Bonchev–Trinajstić information content (AvgIpc) is 3.53. The standard InChI is InChI=1S/C40H55N7O12S/c1-37(2,3)55-32(50)28(59-45-30(31(48)49)27-24-60-33(43-27)44-35(52)57-39(7,8)9)23-54-26-14-15-29(42-22-26)47(36(53)58-40(10,11)12)25-16-20-46(21-17-25)19-13-18-41-34(51)56-38(4,5)6/h14-17,20-22,24,28H,13,18-19,23H2,1-12H3,(H2-,41,43,44,48,49,51,52)/p+1. The topological polar surface area (TPSA) is 230 Å². The molecule has 1 unspecified atom stereocenters. The van der Waals surface area contributed by atoms with Crippen LogP contribution in [0.25, 0.3) is 0 Å². The highest BCUT2D eigenvalue weighted by Crippen LogP contribution is 2.27. The lowest BCUT2D eigenvalue weighted by Gasteiger charge is -2.26. The van der Waals surface area contributed by atoms with E-state index in [1.165, 1.54) is 28.6 Å². The molecule has 60 heavy (non-hydrogen) atoms. The molecule has 0 spiro atoms. The van der Waals surface area contributed by atoms with Crippen molar-refractivity contribution in [2.75, 3.05) is 23.4 Å².